The highest BCUT2D eigenvalue weighted by Gasteiger charge is 2.15. The van der Waals surface area contributed by atoms with E-state index < -0.39 is 0 Å². The highest BCUT2D eigenvalue weighted by Crippen LogP contribution is 2.22. The summed E-state index contributed by atoms with van der Waals surface area (Å²) in [6, 6.07) is 16.4. The van der Waals surface area contributed by atoms with E-state index in [2.05, 4.69) is 67.4 Å². The molecule has 1 aliphatic heterocycles. The maximum Gasteiger partial charge on any atom is 0.251 e. The molecule has 3 rings (SSSR count). The van der Waals surface area contributed by atoms with Crippen LogP contribution in [-0.4, -0.2) is 23.9 Å². The summed E-state index contributed by atoms with van der Waals surface area (Å²) in [6.07, 6.45) is 3.94. The summed E-state index contributed by atoms with van der Waals surface area (Å²) < 4.78 is 0. The lowest BCUT2D eigenvalue weighted by Gasteiger charge is -2.27. The summed E-state index contributed by atoms with van der Waals surface area (Å²) in [5.74, 6) is -0.0109. The molecule has 0 radical (unpaired) electrons. The lowest BCUT2D eigenvalue weighted by atomic mass is 9.87. The van der Waals surface area contributed by atoms with Gasteiger partial charge in [-0.25, -0.2) is 0 Å². The van der Waals surface area contributed by atoms with Gasteiger partial charge in [0.1, 0.15) is 0 Å². The zero-order valence-corrected chi connectivity index (χ0v) is 16.9. The quantitative estimate of drug-likeness (QED) is 0.818. The summed E-state index contributed by atoms with van der Waals surface area (Å²) >= 11 is 0. The van der Waals surface area contributed by atoms with Crippen LogP contribution in [0.3, 0.4) is 0 Å². The Balaban J connectivity index is 1.61. The largest absolute Gasteiger partial charge is 0.348 e. The molecule has 1 fully saturated rings. The second-order valence-corrected chi connectivity index (χ2v) is 8.62. The first-order valence-electron chi connectivity index (χ1n) is 10.1. The standard InChI is InChI=1S/C24H32N2O/c1-24(2,3)22-13-11-19(12-14-22)23(27)25-17-20-9-5-6-10-21(20)18-26-15-7-4-8-16-26/h5-6,9-14H,4,7-8,15-18H2,1-3H3,(H,25,27). The van der Waals surface area contributed by atoms with Gasteiger partial charge in [-0.05, 0) is 60.2 Å². The zero-order chi connectivity index (χ0) is 19.3. The fourth-order valence-corrected chi connectivity index (χ4v) is 3.64. The maximum atomic E-state index is 12.6. The Morgan fingerprint density at radius 2 is 1.56 bits per heavy atom. The van der Waals surface area contributed by atoms with E-state index in [1.807, 2.05) is 12.1 Å². The molecule has 27 heavy (non-hydrogen) atoms. The van der Waals surface area contributed by atoms with Crippen molar-refractivity contribution in [3.8, 4) is 0 Å². The normalized spacial score (nSPS) is 15.5. The first kappa shape index (κ1) is 19.6. The van der Waals surface area contributed by atoms with Crippen molar-refractivity contribution < 1.29 is 4.79 Å². The van der Waals surface area contributed by atoms with Crippen molar-refractivity contribution in [2.45, 2.75) is 58.5 Å². The Morgan fingerprint density at radius 3 is 2.19 bits per heavy atom. The average Bonchev–Trinajstić information content (AvgIpc) is 2.67. The minimum Gasteiger partial charge on any atom is -0.348 e. The number of nitrogens with one attached hydrogen (secondary N) is 1. The Bertz CT molecular complexity index is 753. The molecule has 0 bridgehead atoms. The SMILES string of the molecule is CC(C)(C)c1ccc(C(=O)NCc2ccccc2CN2CCCCC2)cc1. The van der Waals surface area contributed by atoms with Crippen LogP contribution in [0.5, 0.6) is 0 Å². The van der Waals surface area contributed by atoms with Crippen LogP contribution in [-0.2, 0) is 18.5 Å². The molecule has 0 atom stereocenters. The topological polar surface area (TPSA) is 32.3 Å². The second kappa shape index (κ2) is 8.71. The molecule has 0 saturated carbocycles. The van der Waals surface area contributed by atoms with Crippen LogP contribution in [0.15, 0.2) is 48.5 Å². The second-order valence-electron chi connectivity index (χ2n) is 8.62. The van der Waals surface area contributed by atoms with E-state index in [1.165, 1.54) is 49.0 Å². The third-order valence-corrected chi connectivity index (χ3v) is 5.41. The van der Waals surface area contributed by atoms with Gasteiger partial charge in [0.25, 0.3) is 5.91 Å². The molecule has 0 aliphatic carbocycles. The molecular weight excluding hydrogens is 332 g/mol. The van der Waals surface area contributed by atoms with Gasteiger partial charge in [0.05, 0.1) is 0 Å². The van der Waals surface area contributed by atoms with Crippen molar-refractivity contribution in [1.29, 1.82) is 0 Å². The first-order chi connectivity index (χ1) is 12.9. The molecule has 3 nitrogen and oxygen atoms in total. The number of benzene rings is 2. The number of carbonyl (C=O) groups is 1. The molecule has 0 aromatic heterocycles. The van der Waals surface area contributed by atoms with Gasteiger partial charge in [-0.1, -0.05) is 63.6 Å². The van der Waals surface area contributed by atoms with Crippen LogP contribution >= 0.6 is 0 Å². The number of nitrogens with zero attached hydrogens (tertiary/aromatic N) is 1. The number of likely N-dealkylation sites (tertiary alicyclic amines) is 1. The summed E-state index contributed by atoms with van der Waals surface area (Å²) in [5.41, 5.74) is 4.59. The predicted molar refractivity (Wildman–Crippen MR) is 112 cm³/mol. The molecule has 144 valence electrons. The van der Waals surface area contributed by atoms with Gasteiger partial charge in [0.15, 0.2) is 0 Å². The Kier molecular flexibility index (Phi) is 6.33. The molecular formula is C24H32N2O. The van der Waals surface area contributed by atoms with E-state index in [1.54, 1.807) is 0 Å². The van der Waals surface area contributed by atoms with Crippen LogP contribution in [0, 0.1) is 0 Å². The molecule has 1 heterocycles. The predicted octanol–water partition coefficient (Wildman–Crippen LogP) is 4.90. The smallest absolute Gasteiger partial charge is 0.251 e. The number of carbonyl (C=O) groups excluding carboxylic acids is 1. The zero-order valence-electron chi connectivity index (χ0n) is 16.9. The van der Waals surface area contributed by atoms with E-state index in [9.17, 15) is 4.79 Å². The molecule has 0 spiro atoms. The Labute approximate surface area is 163 Å². The number of hydrogen-bond donors (Lipinski definition) is 1. The summed E-state index contributed by atoms with van der Waals surface area (Å²) in [6.45, 7) is 10.5. The van der Waals surface area contributed by atoms with E-state index in [-0.39, 0.29) is 11.3 Å². The van der Waals surface area contributed by atoms with Crippen LogP contribution in [0.2, 0.25) is 0 Å². The average molecular weight is 365 g/mol. The molecule has 1 aliphatic rings. The fraction of sp³-hybridized carbons (Fsp3) is 0.458. The molecule has 1 amide bonds. The molecule has 3 heteroatoms. The fourth-order valence-electron chi connectivity index (χ4n) is 3.64. The molecule has 1 N–H and O–H groups in total. The third kappa shape index (κ3) is 5.43. The van der Waals surface area contributed by atoms with Crippen molar-refractivity contribution in [2.75, 3.05) is 13.1 Å². The molecule has 2 aromatic carbocycles. The van der Waals surface area contributed by atoms with Gasteiger partial charge in [-0.3, -0.25) is 9.69 Å². The van der Waals surface area contributed by atoms with Crippen LogP contribution in [0.1, 0.15) is 67.1 Å². The number of rotatable bonds is 5. The Hall–Kier alpha value is -2.13. The van der Waals surface area contributed by atoms with Crippen molar-refractivity contribution in [3.05, 3.63) is 70.8 Å². The molecule has 1 saturated heterocycles. The van der Waals surface area contributed by atoms with Crippen LogP contribution in [0.25, 0.3) is 0 Å². The van der Waals surface area contributed by atoms with Crippen LogP contribution in [0.4, 0.5) is 0 Å². The van der Waals surface area contributed by atoms with Crippen molar-refractivity contribution in [1.82, 2.24) is 10.2 Å². The van der Waals surface area contributed by atoms with Gasteiger partial charge < -0.3 is 5.32 Å². The van der Waals surface area contributed by atoms with E-state index >= 15 is 0 Å². The van der Waals surface area contributed by atoms with Gasteiger partial charge in [0, 0.05) is 18.7 Å². The lowest BCUT2D eigenvalue weighted by Crippen LogP contribution is -2.30. The Morgan fingerprint density at radius 1 is 0.926 bits per heavy atom. The minimum absolute atomic E-state index is 0.0109. The number of hydrogen-bond acceptors (Lipinski definition) is 2. The number of amides is 1. The highest BCUT2D eigenvalue weighted by molar-refractivity contribution is 5.94. The molecule has 0 unspecified atom stereocenters. The van der Waals surface area contributed by atoms with Crippen LogP contribution < -0.4 is 5.32 Å². The summed E-state index contributed by atoms with van der Waals surface area (Å²) in [5, 5.41) is 3.09. The number of piperidine rings is 1. The summed E-state index contributed by atoms with van der Waals surface area (Å²) in [4.78, 5) is 15.1. The maximum absolute atomic E-state index is 12.6. The van der Waals surface area contributed by atoms with E-state index in [0.717, 1.165) is 12.1 Å². The monoisotopic (exact) mass is 364 g/mol. The van der Waals surface area contributed by atoms with Gasteiger partial charge in [-0.15, -0.1) is 0 Å². The van der Waals surface area contributed by atoms with Crippen molar-refractivity contribution in [2.24, 2.45) is 0 Å². The van der Waals surface area contributed by atoms with Gasteiger partial charge in [0.2, 0.25) is 0 Å². The summed E-state index contributed by atoms with van der Waals surface area (Å²) in [7, 11) is 0. The first-order valence-corrected chi connectivity index (χ1v) is 10.1. The van der Waals surface area contributed by atoms with E-state index in [0.29, 0.717) is 6.54 Å². The molecule has 2 aromatic rings. The highest BCUT2D eigenvalue weighted by atomic mass is 16.1. The third-order valence-electron chi connectivity index (χ3n) is 5.41. The lowest BCUT2D eigenvalue weighted by molar-refractivity contribution is 0.0950. The van der Waals surface area contributed by atoms with Crippen molar-refractivity contribution in [3.63, 3.8) is 0 Å². The van der Waals surface area contributed by atoms with E-state index in [4.69, 9.17) is 0 Å². The van der Waals surface area contributed by atoms with Crippen molar-refractivity contribution >= 4 is 5.91 Å². The minimum atomic E-state index is -0.0109. The van der Waals surface area contributed by atoms with Gasteiger partial charge >= 0.3 is 0 Å². The van der Waals surface area contributed by atoms with Gasteiger partial charge in [-0.2, -0.15) is 0 Å².